The zero-order valence-corrected chi connectivity index (χ0v) is 36.6. The van der Waals surface area contributed by atoms with Crippen molar-refractivity contribution in [1.82, 2.24) is 29.2 Å². The molecule has 63 heavy (non-hydrogen) atoms. The maximum Gasteiger partial charge on any atom is 0.438 e. The summed E-state index contributed by atoms with van der Waals surface area (Å²) < 4.78 is 54.7. The van der Waals surface area contributed by atoms with Gasteiger partial charge in [-0.05, 0) is 142 Å². The van der Waals surface area contributed by atoms with Gasteiger partial charge in [0.15, 0.2) is 15.7 Å². The number of benzene rings is 3. The fraction of sp³-hybridized carbons (Fsp3) is 0.426. The Kier molecular flexibility index (Phi) is 10.1. The minimum absolute atomic E-state index is 0.0243. The first kappa shape index (κ1) is 41.2. The number of carbonyl (C=O) groups is 1. The summed E-state index contributed by atoms with van der Waals surface area (Å²) in [5.74, 6) is -0.303. The van der Waals surface area contributed by atoms with Crippen molar-refractivity contribution < 1.29 is 26.9 Å². The minimum Gasteiger partial charge on any atom is -0.381 e. The highest BCUT2D eigenvalue weighted by molar-refractivity contribution is 7.92. The van der Waals surface area contributed by atoms with Crippen LogP contribution in [0.15, 0.2) is 79.7 Å². The molecule has 16 heteroatoms. The van der Waals surface area contributed by atoms with Crippen LogP contribution in [0, 0.1) is 25.6 Å². The van der Waals surface area contributed by atoms with Gasteiger partial charge in [-0.15, -0.1) is 0 Å². The molecule has 10 rings (SSSR count). The first-order chi connectivity index (χ1) is 30.3. The van der Waals surface area contributed by atoms with Crippen LogP contribution in [0.25, 0.3) is 16.6 Å². The summed E-state index contributed by atoms with van der Waals surface area (Å²) in [6, 6.07) is 17.8. The Morgan fingerprint density at radius 1 is 0.984 bits per heavy atom. The number of aromatic amines is 1. The lowest BCUT2D eigenvalue weighted by Gasteiger charge is -2.35. The lowest BCUT2D eigenvalue weighted by Crippen LogP contribution is -2.44. The number of carbonyl (C=O) groups excluding carboxylic acids is 1. The van der Waals surface area contributed by atoms with Gasteiger partial charge in [0.2, 0.25) is 5.95 Å². The number of nitrogens with zero attached hydrogens (tertiary/aromatic N) is 5. The average molecular weight is 876 g/mol. The Morgan fingerprint density at radius 3 is 2.35 bits per heavy atom. The van der Waals surface area contributed by atoms with Gasteiger partial charge in [0.25, 0.3) is 11.5 Å². The highest BCUT2D eigenvalue weighted by Crippen LogP contribution is 2.56. The molecule has 5 heterocycles. The predicted molar refractivity (Wildman–Crippen MR) is 234 cm³/mol. The number of sulfone groups is 1. The predicted octanol–water partition coefficient (Wildman–Crippen LogP) is 6.65. The molecule has 14 nitrogen and oxygen atoms in total. The number of aromatic nitrogens is 5. The van der Waals surface area contributed by atoms with Crippen molar-refractivity contribution in [3.8, 4) is 5.69 Å². The number of hydrogen-bond donors (Lipinski definition) is 2. The van der Waals surface area contributed by atoms with Crippen LogP contribution in [0.2, 0.25) is 0 Å². The largest absolute Gasteiger partial charge is 0.438 e. The molecule has 3 aromatic heterocycles. The number of H-pyrrole nitrogens is 1. The van der Waals surface area contributed by atoms with Crippen LogP contribution in [0.5, 0.6) is 0 Å². The fourth-order valence-electron chi connectivity index (χ4n) is 9.97. The number of ether oxygens (including phenoxy) is 1. The summed E-state index contributed by atoms with van der Waals surface area (Å²) >= 11 is 0. The first-order valence-corrected chi connectivity index (χ1v) is 23.4. The van der Waals surface area contributed by atoms with Crippen LogP contribution in [-0.2, 0) is 33.0 Å². The van der Waals surface area contributed by atoms with Crippen LogP contribution < -0.4 is 16.6 Å². The molecule has 3 fully saturated rings. The molecule has 1 amide bonds. The van der Waals surface area contributed by atoms with Crippen molar-refractivity contribution in [3.05, 3.63) is 132 Å². The second kappa shape index (κ2) is 15.4. The third kappa shape index (κ3) is 7.01. The molecule has 6 aromatic rings. The van der Waals surface area contributed by atoms with Gasteiger partial charge in [0, 0.05) is 42.8 Å². The highest BCUT2D eigenvalue weighted by atomic mass is 32.2. The SMILES string of the molecule is Cc1cc(-n2c(NCCc3ccc(S(=O)(=O)C4CC4)cc3)nc3c(c2=O)CCN(C(=O)c2cc4cc(C5CCOCC5)ccc4n2[C@]2(c4noc(=O)[nH]4)C[C@@H]2C)[C@H]3C)cc(C)c1F. The van der Waals surface area contributed by atoms with Crippen molar-refractivity contribution in [2.24, 2.45) is 5.92 Å². The molecule has 4 aliphatic rings. The minimum atomic E-state index is -3.32. The van der Waals surface area contributed by atoms with E-state index in [9.17, 15) is 22.4 Å². The number of anilines is 1. The number of fused-ring (bicyclic) bond motifs is 2. The number of hydrogen-bond acceptors (Lipinski definition) is 10. The molecule has 3 atom stereocenters. The number of amides is 1. The summed E-state index contributed by atoms with van der Waals surface area (Å²) in [6.07, 6.45) is 4.56. The monoisotopic (exact) mass is 875 g/mol. The highest BCUT2D eigenvalue weighted by Gasteiger charge is 2.59. The third-order valence-electron chi connectivity index (χ3n) is 13.8. The van der Waals surface area contributed by atoms with E-state index in [0.29, 0.717) is 95.8 Å². The topological polar surface area (TPSA) is 174 Å². The molecule has 2 N–H and O–H groups in total. The van der Waals surface area contributed by atoms with Gasteiger partial charge >= 0.3 is 5.76 Å². The molecular formula is C47H50FN7O7S. The van der Waals surface area contributed by atoms with Crippen LogP contribution in [0.3, 0.4) is 0 Å². The molecule has 2 saturated carbocycles. The molecule has 0 radical (unpaired) electrons. The number of nitrogens with one attached hydrogen (secondary N) is 2. The standard InChI is InChI=1S/C47H50FN7O7S/c1-26-21-34(22-27(2)40(26)48)54-42(56)37-14-18-53(29(4)41(37)50-45(54)49-17-13-30-5-8-35(9-6-30)63(59,60)36-10-11-36)43(57)39-24-33-23-32(31-15-19-61-20-16-31)7-12-38(33)55(39)47(25-28(47)3)44-51-46(58)62-52-44/h5-9,12,21-24,28-29,31,36H,10-11,13-20,25H2,1-4H3,(H,49,50)(H,51,52,58)/t28-,29-,47+/m0/s1. The molecule has 2 aliphatic heterocycles. The fourth-order valence-corrected chi connectivity index (χ4v) is 11.6. The van der Waals surface area contributed by atoms with Crippen molar-refractivity contribution in [2.75, 3.05) is 31.6 Å². The van der Waals surface area contributed by atoms with Crippen LogP contribution in [0.4, 0.5) is 10.3 Å². The summed E-state index contributed by atoms with van der Waals surface area (Å²) in [4.78, 5) is 52.2. The summed E-state index contributed by atoms with van der Waals surface area (Å²) in [6.45, 7) is 9.23. The van der Waals surface area contributed by atoms with Crippen molar-refractivity contribution >= 4 is 32.6 Å². The maximum absolute atomic E-state index is 15.2. The van der Waals surface area contributed by atoms with Gasteiger partial charge in [-0.2, -0.15) is 0 Å². The van der Waals surface area contributed by atoms with Crippen LogP contribution in [-0.4, -0.2) is 75.0 Å². The zero-order valence-electron chi connectivity index (χ0n) is 35.7. The van der Waals surface area contributed by atoms with Gasteiger partial charge < -0.3 is 19.5 Å². The van der Waals surface area contributed by atoms with E-state index in [4.69, 9.17) is 14.2 Å². The van der Waals surface area contributed by atoms with Gasteiger partial charge in [-0.3, -0.25) is 19.1 Å². The Morgan fingerprint density at radius 2 is 1.70 bits per heavy atom. The molecule has 0 bridgehead atoms. The van der Waals surface area contributed by atoms with Gasteiger partial charge in [0.05, 0.1) is 27.6 Å². The van der Waals surface area contributed by atoms with E-state index in [0.717, 1.165) is 29.3 Å². The van der Waals surface area contributed by atoms with E-state index in [-0.39, 0.29) is 47.4 Å². The van der Waals surface area contributed by atoms with E-state index < -0.39 is 27.2 Å². The van der Waals surface area contributed by atoms with Gasteiger partial charge in [-0.1, -0.05) is 30.3 Å². The first-order valence-electron chi connectivity index (χ1n) is 21.9. The Labute approximate surface area is 363 Å². The second-order valence-corrected chi connectivity index (χ2v) is 20.1. The second-order valence-electron chi connectivity index (χ2n) is 17.9. The maximum atomic E-state index is 15.2. The van der Waals surface area contributed by atoms with Crippen molar-refractivity contribution in [1.29, 1.82) is 0 Å². The molecular weight excluding hydrogens is 826 g/mol. The lowest BCUT2D eigenvalue weighted by molar-refractivity contribution is 0.0658. The van der Waals surface area contributed by atoms with E-state index in [1.54, 1.807) is 55.1 Å². The summed E-state index contributed by atoms with van der Waals surface area (Å²) in [5, 5.41) is 8.11. The molecule has 3 aromatic carbocycles. The Bertz CT molecular complexity index is 3010. The summed E-state index contributed by atoms with van der Waals surface area (Å²) in [7, 11) is -3.32. The van der Waals surface area contributed by atoms with E-state index in [1.807, 2.05) is 17.6 Å². The number of aryl methyl sites for hydroxylation is 2. The zero-order chi connectivity index (χ0) is 43.9. The number of halogens is 1. The lowest BCUT2D eigenvalue weighted by atomic mass is 9.91. The molecule has 0 unspecified atom stereocenters. The quantitative estimate of drug-likeness (QED) is 0.144. The molecule has 328 valence electrons. The number of rotatable bonds is 11. The smallest absolute Gasteiger partial charge is 0.381 e. The van der Waals surface area contributed by atoms with E-state index >= 15 is 4.79 Å². The van der Waals surface area contributed by atoms with E-state index in [1.165, 1.54) is 10.1 Å². The molecule has 2 aliphatic carbocycles. The Hall–Kier alpha value is -5.87. The normalized spacial score (nSPS) is 21.4. The summed E-state index contributed by atoms with van der Waals surface area (Å²) in [5.41, 5.74) is 4.39. The van der Waals surface area contributed by atoms with Crippen LogP contribution >= 0.6 is 0 Å². The third-order valence-corrected chi connectivity index (χ3v) is 16.1. The molecule has 0 spiro atoms. The average Bonchev–Trinajstić information content (AvgIpc) is 4.17. The molecule has 1 saturated heterocycles. The van der Waals surface area contributed by atoms with Gasteiger partial charge in [0.1, 0.15) is 17.1 Å². The van der Waals surface area contributed by atoms with Crippen molar-refractivity contribution in [2.45, 2.75) is 100 Å². The Balaban J connectivity index is 1.02. The van der Waals surface area contributed by atoms with E-state index in [2.05, 4.69) is 40.6 Å². The van der Waals surface area contributed by atoms with Gasteiger partial charge in [-0.25, -0.2) is 27.2 Å². The van der Waals surface area contributed by atoms with Crippen LogP contribution in [0.1, 0.15) is 108 Å². The van der Waals surface area contributed by atoms with Crippen molar-refractivity contribution in [3.63, 3.8) is 0 Å².